The Balaban J connectivity index is 1.49. The van der Waals surface area contributed by atoms with Crippen LogP contribution in [0, 0.1) is 17.5 Å². The van der Waals surface area contributed by atoms with Gasteiger partial charge in [0.15, 0.2) is 17.4 Å². The number of amides is 1. The lowest BCUT2D eigenvalue weighted by Gasteiger charge is -2.31. The van der Waals surface area contributed by atoms with E-state index in [0.717, 1.165) is 25.1 Å². The maximum absolute atomic E-state index is 14.9. The lowest BCUT2D eigenvalue weighted by Crippen LogP contribution is -2.38. The molecule has 0 aliphatic carbocycles. The molecule has 4 aromatic rings. The molecule has 0 radical (unpaired) electrons. The van der Waals surface area contributed by atoms with Crippen LogP contribution in [-0.2, 0) is 4.79 Å². The zero-order chi connectivity index (χ0) is 24.5. The Bertz CT molecular complexity index is 1420. The van der Waals surface area contributed by atoms with Crippen LogP contribution in [0.2, 0.25) is 0 Å². The molecule has 1 atom stereocenters. The highest BCUT2D eigenvalue weighted by atomic mass is 19.2. The molecule has 1 amide bonds. The van der Waals surface area contributed by atoms with Gasteiger partial charge in [-0.3, -0.25) is 9.78 Å². The SMILES string of the molecule is C=CC(=O)N1CCCC(c2nn(-c3ccc(Oc4cccc(F)c4F)cc3)c3cncc(F)c23)C1. The Labute approximate surface area is 199 Å². The van der Waals surface area contributed by atoms with Gasteiger partial charge < -0.3 is 9.64 Å². The van der Waals surface area contributed by atoms with Crippen LogP contribution in [-0.4, -0.2) is 38.7 Å². The summed E-state index contributed by atoms with van der Waals surface area (Å²) in [5.74, 6) is -2.80. The average molecular weight is 478 g/mol. The van der Waals surface area contributed by atoms with Crippen molar-refractivity contribution in [3.05, 3.63) is 90.7 Å². The van der Waals surface area contributed by atoms with Crippen LogP contribution < -0.4 is 4.74 Å². The van der Waals surface area contributed by atoms with E-state index in [4.69, 9.17) is 9.84 Å². The number of carbonyl (C=O) groups excluding carboxylic acids is 1. The zero-order valence-corrected chi connectivity index (χ0v) is 18.6. The summed E-state index contributed by atoms with van der Waals surface area (Å²) in [6, 6.07) is 10.2. The highest BCUT2D eigenvalue weighted by Gasteiger charge is 2.29. The van der Waals surface area contributed by atoms with Gasteiger partial charge in [-0.1, -0.05) is 12.6 Å². The van der Waals surface area contributed by atoms with E-state index >= 15 is 0 Å². The van der Waals surface area contributed by atoms with E-state index in [2.05, 4.69) is 11.6 Å². The minimum atomic E-state index is -1.07. The highest BCUT2D eigenvalue weighted by molar-refractivity contribution is 5.87. The summed E-state index contributed by atoms with van der Waals surface area (Å²) in [5, 5.41) is 5.09. The normalized spacial score (nSPS) is 15.9. The Morgan fingerprint density at radius 1 is 1.09 bits per heavy atom. The van der Waals surface area contributed by atoms with Gasteiger partial charge in [0.2, 0.25) is 11.7 Å². The molecule has 1 saturated heterocycles. The van der Waals surface area contributed by atoms with Crippen molar-refractivity contribution in [1.29, 1.82) is 0 Å². The van der Waals surface area contributed by atoms with Crippen molar-refractivity contribution in [2.24, 2.45) is 0 Å². The minimum absolute atomic E-state index is 0.146. The number of aromatic nitrogens is 3. The largest absolute Gasteiger partial charge is 0.454 e. The highest BCUT2D eigenvalue weighted by Crippen LogP contribution is 2.34. The second-order valence-electron chi connectivity index (χ2n) is 8.29. The van der Waals surface area contributed by atoms with Crippen molar-refractivity contribution < 1.29 is 22.7 Å². The predicted molar refractivity (Wildman–Crippen MR) is 124 cm³/mol. The second-order valence-corrected chi connectivity index (χ2v) is 8.29. The Hall–Kier alpha value is -4.14. The van der Waals surface area contributed by atoms with Crippen LogP contribution in [0.25, 0.3) is 16.6 Å². The molecule has 5 rings (SSSR count). The van der Waals surface area contributed by atoms with Crippen molar-refractivity contribution in [2.45, 2.75) is 18.8 Å². The molecule has 0 N–H and O–H groups in total. The van der Waals surface area contributed by atoms with Gasteiger partial charge in [-0.15, -0.1) is 0 Å². The number of hydrogen-bond donors (Lipinski definition) is 0. The molecule has 1 unspecified atom stereocenters. The molecule has 3 heterocycles. The lowest BCUT2D eigenvalue weighted by atomic mass is 9.93. The molecule has 9 heteroatoms. The first-order valence-corrected chi connectivity index (χ1v) is 11.1. The number of carbonyl (C=O) groups is 1. The van der Waals surface area contributed by atoms with Gasteiger partial charge in [0.05, 0.1) is 34.7 Å². The third-order valence-electron chi connectivity index (χ3n) is 6.09. The Kier molecular flexibility index (Phi) is 5.98. The van der Waals surface area contributed by atoms with Gasteiger partial charge in [0.25, 0.3) is 0 Å². The van der Waals surface area contributed by atoms with Gasteiger partial charge >= 0.3 is 0 Å². The van der Waals surface area contributed by atoms with Gasteiger partial charge in [-0.25, -0.2) is 13.5 Å². The molecule has 2 aromatic heterocycles. The van der Waals surface area contributed by atoms with Crippen LogP contribution in [0.15, 0.2) is 67.5 Å². The molecular formula is C26H21F3N4O2. The smallest absolute Gasteiger partial charge is 0.245 e. The number of pyridine rings is 1. The quantitative estimate of drug-likeness (QED) is 0.355. The molecule has 1 aliphatic heterocycles. The number of fused-ring (bicyclic) bond motifs is 1. The van der Waals surface area contributed by atoms with Crippen LogP contribution in [0.5, 0.6) is 11.5 Å². The summed E-state index contributed by atoms with van der Waals surface area (Å²) < 4.78 is 49.4. The molecule has 2 aromatic carbocycles. The van der Waals surface area contributed by atoms with Crippen molar-refractivity contribution in [2.75, 3.05) is 13.1 Å². The van der Waals surface area contributed by atoms with Crippen molar-refractivity contribution in [3.8, 4) is 17.2 Å². The number of halogens is 3. The molecular weight excluding hydrogens is 457 g/mol. The van der Waals surface area contributed by atoms with Crippen molar-refractivity contribution >= 4 is 16.8 Å². The molecule has 35 heavy (non-hydrogen) atoms. The first-order valence-electron chi connectivity index (χ1n) is 11.1. The van der Waals surface area contributed by atoms with E-state index in [0.29, 0.717) is 41.1 Å². The number of ether oxygens (including phenoxy) is 1. The lowest BCUT2D eigenvalue weighted by molar-refractivity contribution is -0.127. The summed E-state index contributed by atoms with van der Waals surface area (Å²) in [6.07, 6.45) is 5.51. The molecule has 0 spiro atoms. The van der Waals surface area contributed by atoms with Crippen LogP contribution >= 0.6 is 0 Å². The van der Waals surface area contributed by atoms with Crippen molar-refractivity contribution in [1.82, 2.24) is 19.7 Å². The Morgan fingerprint density at radius 3 is 2.66 bits per heavy atom. The maximum atomic E-state index is 14.9. The fourth-order valence-electron chi connectivity index (χ4n) is 4.41. The summed E-state index contributed by atoms with van der Waals surface area (Å²) >= 11 is 0. The van der Waals surface area contributed by atoms with Crippen LogP contribution in [0.4, 0.5) is 13.2 Å². The van der Waals surface area contributed by atoms with Gasteiger partial charge in [-0.2, -0.15) is 9.49 Å². The molecule has 6 nitrogen and oxygen atoms in total. The molecule has 1 fully saturated rings. The summed E-state index contributed by atoms with van der Waals surface area (Å²) in [6.45, 7) is 4.60. The van der Waals surface area contributed by atoms with Crippen LogP contribution in [0.3, 0.4) is 0 Å². The zero-order valence-electron chi connectivity index (χ0n) is 18.6. The van der Waals surface area contributed by atoms with E-state index < -0.39 is 17.5 Å². The predicted octanol–water partition coefficient (Wildman–Crippen LogP) is 5.52. The molecule has 0 bridgehead atoms. The number of piperidine rings is 1. The van der Waals surface area contributed by atoms with Gasteiger partial charge in [-0.05, 0) is 55.3 Å². The number of nitrogens with zero attached hydrogens (tertiary/aromatic N) is 4. The standard InChI is InChI=1S/C26H21F3N4O2/c1-2-23(34)32-12-4-5-16(15-32)26-24-20(28)13-30-14-21(24)33(31-26)17-8-10-18(11-9-17)35-22-7-3-6-19(27)25(22)29/h2-3,6-11,13-14,16H,1,4-5,12,15H2. The molecule has 0 saturated carbocycles. The van der Waals surface area contributed by atoms with E-state index in [9.17, 15) is 18.0 Å². The number of benzene rings is 2. The monoisotopic (exact) mass is 478 g/mol. The van der Waals surface area contributed by atoms with E-state index in [1.807, 2.05) is 0 Å². The number of hydrogen-bond acceptors (Lipinski definition) is 4. The van der Waals surface area contributed by atoms with E-state index in [-0.39, 0.29) is 17.6 Å². The fraction of sp³-hybridized carbons (Fsp3) is 0.192. The van der Waals surface area contributed by atoms with Gasteiger partial charge in [0.1, 0.15) is 5.75 Å². The van der Waals surface area contributed by atoms with E-state index in [1.54, 1.807) is 33.8 Å². The first kappa shape index (κ1) is 22.6. The van der Waals surface area contributed by atoms with Crippen molar-refractivity contribution in [3.63, 3.8) is 0 Å². The van der Waals surface area contributed by atoms with Crippen LogP contribution in [0.1, 0.15) is 24.5 Å². The first-order chi connectivity index (χ1) is 17.0. The maximum Gasteiger partial charge on any atom is 0.245 e. The summed E-state index contributed by atoms with van der Waals surface area (Å²) in [5.41, 5.74) is 1.65. The third-order valence-corrected chi connectivity index (χ3v) is 6.09. The summed E-state index contributed by atoms with van der Waals surface area (Å²) in [7, 11) is 0. The molecule has 1 aliphatic rings. The second kappa shape index (κ2) is 9.25. The minimum Gasteiger partial charge on any atom is -0.454 e. The number of likely N-dealkylation sites (tertiary alicyclic amines) is 1. The third kappa shape index (κ3) is 4.25. The summed E-state index contributed by atoms with van der Waals surface area (Å²) in [4.78, 5) is 17.8. The molecule has 178 valence electrons. The fourth-order valence-corrected chi connectivity index (χ4v) is 4.41. The van der Waals surface area contributed by atoms with Gasteiger partial charge in [0, 0.05) is 19.0 Å². The van der Waals surface area contributed by atoms with E-state index in [1.165, 1.54) is 24.4 Å². The average Bonchev–Trinajstić information content (AvgIpc) is 3.28. The Morgan fingerprint density at radius 2 is 1.89 bits per heavy atom. The number of rotatable bonds is 5. The topological polar surface area (TPSA) is 60.2 Å².